The van der Waals surface area contributed by atoms with Crippen LogP contribution in [0.25, 0.3) is 0 Å². The summed E-state index contributed by atoms with van der Waals surface area (Å²) in [6.45, 7) is 8.76. The van der Waals surface area contributed by atoms with Crippen LogP contribution < -0.4 is 0 Å². The molecule has 5 heteroatoms. The van der Waals surface area contributed by atoms with Crippen molar-refractivity contribution in [1.82, 2.24) is 4.90 Å². The van der Waals surface area contributed by atoms with Crippen molar-refractivity contribution in [2.45, 2.75) is 33.0 Å². The van der Waals surface area contributed by atoms with E-state index in [2.05, 4.69) is 50.0 Å². The minimum atomic E-state index is -0.445. The molecule has 0 aromatic heterocycles. The molecule has 0 N–H and O–H groups in total. The van der Waals surface area contributed by atoms with Gasteiger partial charge in [0, 0.05) is 13.6 Å². The van der Waals surface area contributed by atoms with E-state index in [9.17, 15) is 0 Å². The smallest absolute Gasteiger partial charge is 0.140 e. The molecule has 144 valence electrons. The summed E-state index contributed by atoms with van der Waals surface area (Å²) in [5, 5.41) is 0.627. The number of aliphatic imine (C=N–C) groups is 1. The van der Waals surface area contributed by atoms with Crippen LogP contribution in [0.4, 0.5) is 5.69 Å². The summed E-state index contributed by atoms with van der Waals surface area (Å²) in [4.78, 5) is 6.51. The van der Waals surface area contributed by atoms with Gasteiger partial charge >= 0.3 is 0 Å². The lowest BCUT2D eigenvalue weighted by Crippen LogP contribution is -2.49. The summed E-state index contributed by atoms with van der Waals surface area (Å²) in [6.07, 6.45) is 1.80. The van der Waals surface area contributed by atoms with Crippen LogP contribution in [0.5, 0.6) is 0 Å². The van der Waals surface area contributed by atoms with Gasteiger partial charge < -0.3 is 14.4 Å². The first-order chi connectivity index (χ1) is 12.9. The molecule has 27 heavy (non-hydrogen) atoms. The highest BCUT2D eigenvalue weighted by atomic mass is 35.5. The molecule has 1 saturated heterocycles. The van der Waals surface area contributed by atoms with Gasteiger partial charge in [0.2, 0.25) is 0 Å². The SMILES string of the molecule is CCN(C)C=Nc1cc(C)c(C2(OCc3cccc(C)c3)COC2)cc1Cl. The van der Waals surface area contributed by atoms with E-state index in [0.29, 0.717) is 24.8 Å². The zero-order valence-electron chi connectivity index (χ0n) is 16.5. The third-order valence-electron chi connectivity index (χ3n) is 4.95. The first-order valence-corrected chi connectivity index (χ1v) is 9.63. The minimum absolute atomic E-state index is 0.445. The second-order valence-electron chi connectivity index (χ2n) is 7.20. The van der Waals surface area contributed by atoms with Gasteiger partial charge in [-0.15, -0.1) is 0 Å². The fourth-order valence-electron chi connectivity index (χ4n) is 3.13. The van der Waals surface area contributed by atoms with Gasteiger partial charge in [0.15, 0.2) is 0 Å². The van der Waals surface area contributed by atoms with Gasteiger partial charge in [0.05, 0.1) is 36.9 Å². The molecule has 3 rings (SSSR count). The Hall–Kier alpha value is -1.88. The van der Waals surface area contributed by atoms with Crippen LogP contribution in [0.3, 0.4) is 0 Å². The van der Waals surface area contributed by atoms with Crippen molar-refractivity contribution in [3.05, 3.63) is 63.7 Å². The number of ether oxygens (including phenoxy) is 2. The number of aryl methyl sites for hydroxylation is 2. The van der Waals surface area contributed by atoms with E-state index in [0.717, 1.165) is 28.9 Å². The first kappa shape index (κ1) is 19.9. The van der Waals surface area contributed by atoms with Crippen LogP contribution in [0.15, 0.2) is 41.4 Å². The molecule has 1 fully saturated rings. The van der Waals surface area contributed by atoms with E-state index >= 15 is 0 Å². The Labute approximate surface area is 166 Å². The minimum Gasteiger partial charge on any atom is -0.375 e. The van der Waals surface area contributed by atoms with E-state index in [1.807, 2.05) is 24.1 Å². The second-order valence-corrected chi connectivity index (χ2v) is 7.61. The molecule has 1 aliphatic rings. The molecule has 0 saturated carbocycles. The average molecular weight is 387 g/mol. The number of nitrogens with zero attached hydrogens (tertiary/aromatic N) is 2. The van der Waals surface area contributed by atoms with Crippen LogP contribution in [0.2, 0.25) is 5.02 Å². The zero-order chi connectivity index (χ0) is 19.4. The monoisotopic (exact) mass is 386 g/mol. The predicted octanol–water partition coefficient (Wildman–Crippen LogP) is 5.01. The van der Waals surface area contributed by atoms with Crippen molar-refractivity contribution in [3.8, 4) is 0 Å². The summed E-state index contributed by atoms with van der Waals surface area (Å²) in [5.74, 6) is 0. The summed E-state index contributed by atoms with van der Waals surface area (Å²) in [6, 6.07) is 12.4. The molecule has 0 aliphatic carbocycles. The molecule has 0 unspecified atom stereocenters. The van der Waals surface area contributed by atoms with Gasteiger partial charge in [-0.25, -0.2) is 4.99 Å². The highest BCUT2D eigenvalue weighted by Crippen LogP contribution is 2.40. The molecular formula is C22H27ClN2O2. The van der Waals surface area contributed by atoms with Crippen LogP contribution in [-0.2, 0) is 21.7 Å². The molecule has 0 atom stereocenters. The Balaban J connectivity index is 1.82. The number of hydrogen-bond donors (Lipinski definition) is 0. The summed E-state index contributed by atoms with van der Waals surface area (Å²) >= 11 is 6.52. The van der Waals surface area contributed by atoms with Crippen molar-refractivity contribution in [3.63, 3.8) is 0 Å². The van der Waals surface area contributed by atoms with Crippen LogP contribution in [0.1, 0.15) is 29.2 Å². The maximum atomic E-state index is 6.52. The Morgan fingerprint density at radius 2 is 2.04 bits per heavy atom. The molecule has 1 heterocycles. The van der Waals surface area contributed by atoms with Crippen LogP contribution in [0, 0.1) is 13.8 Å². The summed E-state index contributed by atoms with van der Waals surface area (Å²) in [5.41, 5.74) is 4.90. The van der Waals surface area contributed by atoms with Crippen LogP contribution in [-0.4, -0.2) is 38.0 Å². The molecule has 2 aromatic rings. The highest BCUT2D eigenvalue weighted by Gasteiger charge is 2.43. The Morgan fingerprint density at radius 1 is 1.26 bits per heavy atom. The Bertz CT molecular complexity index is 831. The van der Waals surface area contributed by atoms with Crippen molar-refractivity contribution in [2.24, 2.45) is 4.99 Å². The molecule has 4 nitrogen and oxygen atoms in total. The molecule has 0 amide bonds. The van der Waals surface area contributed by atoms with Gasteiger partial charge in [0.25, 0.3) is 0 Å². The number of benzene rings is 2. The largest absolute Gasteiger partial charge is 0.375 e. The van der Waals surface area contributed by atoms with Crippen LogP contribution >= 0.6 is 11.6 Å². The van der Waals surface area contributed by atoms with Gasteiger partial charge in [-0.1, -0.05) is 41.4 Å². The summed E-state index contributed by atoms with van der Waals surface area (Å²) < 4.78 is 11.9. The van der Waals surface area contributed by atoms with Crippen molar-refractivity contribution >= 4 is 23.6 Å². The van der Waals surface area contributed by atoms with E-state index in [4.69, 9.17) is 21.1 Å². The summed E-state index contributed by atoms with van der Waals surface area (Å²) in [7, 11) is 1.98. The quantitative estimate of drug-likeness (QED) is 0.495. The lowest BCUT2D eigenvalue weighted by atomic mass is 9.88. The molecule has 2 aromatic carbocycles. The van der Waals surface area contributed by atoms with Gasteiger partial charge in [-0.2, -0.15) is 0 Å². The molecular weight excluding hydrogens is 360 g/mol. The van der Waals surface area contributed by atoms with E-state index in [-0.39, 0.29) is 0 Å². The standard InChI is InChI=1S/C22H27ClN2O2/c1-5-25(4)15-24-21-10-17(3)19(11-20(21)23)22(13-26-14-22)27-12-18-8-6-7-16(2)9-18/h6-11,15H,5,12-14H2,1-4H3. The maximum Gasteiger partial charge on any atom is 0.140 e. The van der Waals surface area contributed by atoms with Gasteiger partial charge in [0.1, 0.15) is 5.60 Å². The lowest BCUT2D eigenvalue weighted by Gasteiger charge is -2.42. The van der Waals surface area contributed by atoms with Crippen molar-refractivity contribution in [2.75, 3.05) is 26.8 Å². The third-order valence-corrected chi connectivity index (χ3v) is 5.25. The zero-order valence-corrected chi connectivity index (χ0v) is 17.2. The number of rotatable bonds is 7. The first-order valence-electron chi connectivity index (χ1n) is 9.26. The van der Waals surface area contributed by atoms with E-state index in [1.54, 1.807) is 6.34 Å². The maximum absolute atomic E-state index is 6.52. The molecule has 0 radical (unpaired) electrons. The third kappa shape index (κ3) is 4.52. The second kappa shape index (κ2) is 8.42. The number of hydrogen-bond acceptors (Lipinski definition) is 3. The van der Waals surface area contributed by atoms with E-state index < -0.39 is 5.60 Å². The van der Waals surface area contributed by atoms with Gasteiger partial charge in [-0.3, -0.25) is 0 Å². The molecule has 0 bridgehead atoms. The lowest BCUT2D eigenvalue weighted by molar-refractivity contribution is -0.223. The molecule has 0 spiro atoms. The topological polar surface area (TPSA) is 34.1 Å². The highest BCUT2D eigenvalue weighted by molar-refractivity contribution is 6.33. The average Bonchev–Trinajstić information content (AvgIpc) is 2.61. The fraction of sp³-hybridized carbons (Fsp3) is 0.409. The predicted molar refractivity (Wildman–Crippen MR) is 111 cm³/mol. The molecule has 1 aliphatic heterocycles. The van der Waals surface area contributed by atoms with Crippen molar-refractivity contribution < 1.29 is 9.47 Å². The Kier molecular flexibility index (Phi) is 6.20. The number of halogens is 1. The van der Waals surface area contributed by atoms with Gasteiger partial charge in [-0.05, 0) is 49.6 Å². The van der Waals surface area contributed by atoms with Crippen molar-refractivity contribution in [1.29, 1.82) is 0 Å². The fourth-order valence-corrected chi connectivity index (χ4v) is 3.34. The van der Waals surface area contributed by atoms with E-state index in [1.165, 1.54) is 5.56 Å². The Morgan fingerprint density at radius 3 is 2.67 bits per heavy atom. The normalized spacial score (nSPS) is 15.7.